The van der Waals surface area contributed by atoms with Gasteiger partial charge in [-0.15, -0.1) is 0 Å². The zero-order valence-corrected chi connectivity index (χ0v) is 12.8. The lowest BCUT2D eigenvalue weighted by atomic mass is 9.87. The lowest BCUT2D eigenvalue weighted by Crippen LogP contribution is -2.10. The van der Waals surface area contributed by atoms with Gasteiger partial charge in [0.15, 0.2) is 0 Å². The Balaban J connectivity index is 2.06. The van der Waals surface area contributed by atoms with E-state index in [-0.39, 0.29) is 11.2 Å². The first-order valence-electron chi connectivity index (χ1n) is 6.64. The summed E-state index contributed by atoms with van der Waals surface area (Å²) in [5, 5.41) is 3.76. The van der Waals surface area contributed by atoms with E-state index in [0.29, 0.717) is 17.1 Å². The highest BCUT2D eigenvalue weighted by atomic mass is 35.5. The van der Waals surface area contributed by atoms with Crippen LogP contribution in [0.2, 0.25) is 5.02 Å². The molecule has 0 saturated carbocycles. The summed E-state index contributed by atoms with van der Waals surface area (Å²) in [6.45, 7) is 6.95. The van der Waals surface area contributed by atoms with Gasteiger partial charge in [-0.1, -0.05) is 44.5 Å². The highest BCUT2D eigenvalue weighted by molar-refractivity contribution is 6.30. The largest absolute Gasteiger partial charge is 0.381 e. The molecule has 20 heavy (non-hydrogen) atoms. The van der Waals surface area contributed by atoms with E-state index < -0.39 is 0 Å². The van der Waals surface area contributed by atoms with Gasteiger partial charge >= 0.3 is 0 Å². The van der Waals surface area contributed by atoms with Gasteiger partial charge in [-0.25, -0.2) is 4.39 Å². The number of halogens is 2. The van der Waals surface area contributed by atoms with Crippen molar-refractivity contribution in [2.24, 2.45) is 0 Å². The number of hydrogen-bond acceptors (Lipinski definition) is 1. The summed E-state index contributed by atoms with van der Waals surface area (Å²) in [4.78, 5) is 0. The minimum absolute atomic E-state index is 0.137. The third-order valence-corrected chi connectivity index (χ3v) is 3.48. The van der Waals surface area contributed by atoms with Gasteiger partial charge in [0.05, 0.1) is 0 Å². The molecule has 0 radical (unpaired) electrons. The van der Waals surface area contributed by atoms with Crippen LogP contribution in [0, 0.1) is 5.82 Å². The molecule has 0 spiro atoms. The number of anilines is 1. The van der Waals surface area contributed by atoms with Crippen LogP contribution in [0.1, 0.15) is 31.9 Å². The molecule has 3 heteroatoms. The Hall–Kier alpha value is -1.54. The van der Waals surface area contributed by atoms with E-state index in [1.807, 2.05) is 12.1 Å². The fraction of sp³-hybridized carbons (Fsp3) is 0.294. The van der Waals surface area contributed by atoms with Crippen molar-refractivity contribution in [1.82, 2.24) is 0 Å². The molecule has 0 unspecified atom stereocenters. The average Bonchev–Trinajstić information content (AvgIpc) is 2.39. The number of nitrogens with one attached hydrogen (secondary N) is 1. The van der Waals surface area contributed by atoms with Crippen molar-refractivity contribution >= 4 is 17.3 Å². The summed E-state index contributed by atoms with van der Waals surface area (Å²) in [6, 6.07) is 12.8. The second-order valence-electron chi connectivity index (χ2n) is 5.92. The molecule has 106 valence electrons. The number of benzene rings is 2. The molecule has 1 N–H and O–H groups in total. The number of hydrogen-bond donors (Lipinski definition) is 1. The van der Waals surface area contributed by atoms with Crippen molar-refractivity contribution in [2.75, 3.05) is 5.32 Å². The van der Waals surface area contributed by atoms with Crippen LogP contribution in [0.3, 0.4) is 0 Å². The van der Waals surface area contributed by atoms with E-state index in [1.54, 1.807) is 12.1 Å². The lowest BCUT2D eigenvalue weighted by Gasteiger charge is -2.19. The minimum atomic E-state index is -0.242. The Morgan fingerprint density at radius 2 is 1.70 bits per heavy atom. The predicted octanol–water partition coefficient (Wildman–Crippen LogP) is 5.39. The SMILES string of the molecule is CC(C)(C)c1ccc(NCc2cc(Cl)ccc2F)cc1. The van der Waals surface area contributed by atoms with Gasteiger partial charge < -0.3 is 5.32 Å². The summed E-state index contributed by atoms with van der Waals surface area (Å²) >= 11 is 5.88. The first-order chi connectivity index (χ1) is 9.36. The van der Waals surface area contributed by atoms with Gasteiger partial charge in [0, 0.05) is 22.8 Å². The Kier molecular flexibility index (Phi) is 4.34. The Labute approximate surface area is 124 Å². The van der Waals surface area contributed by atoms with E-state index in [0.717, 1.165) is 5.69 Å². The van der Waals surface area contributed by atoms with Gasteiger partial charge in [-0.3, -0.25) is 0 Å². The molecule has 0 atom stereocenters. The molecule has 0 bridgehead atoms. The molecule has 2 aromatic carbocycles. The van der Waals surface area contributed by atoms with E-state index >= 15 is 0 Å². The van der Waals surface area contributed by atoms with Crippen LogP contribution >= 0.6 is 11.6 Å². The van der Waals surface area contributed by atoms with Crippen LogP contribution in [0.25, 0.3) is 0 Å². The van der Waals surface area contributed by atoms with Gasteiger partial charge in [0.25, 0.3) is 0 Å². The second-order valence-corrected chi connectivity index (χ2v) is 6.35. The molecule has 0 aliphatic heterocycles. The van der Waals surface area contributed by atoms with E-state index in [4.69, 9.17) is 11.6 Å². The van der Waals surface area contributed by atoms with Gasteiger partial charge in [0.2, 0.25) is 0 Å². The average molecular weight is 292 g/mol. The molecule has 0 heterocycles. The quantitative estimate of drug-likeness (QED) is 0.799. The minimum Gasteiger partial charge on any atom is -0.381 e. The van der Waals surface area contributed by atoms with Crippen LogP contribution in [-0.4, -0.2) is 0 Å². The molecule has 0 fully saturated rings. The topological polar surface area (TPSA) is 12.0 Å². The molecular formula is C17H19ClFN. The molecule has 0 aliphatic carbocycles. The Morgan fingerprint density at radius 1 is 1.05 bits per heavy atom. The zero-order valence-electron chi connectivity index (χ0n) is 12.0. The molecule has 1 nitrogen and oxygen atoms in total. The van der Waals surface area contributed by atoms with E-state index in [2.05, 4.69) is 38.2 Å². The summed E-state index contributed by atoms with van der Waals surface area (Å²) in [7, 11) is 0. The lowest BCUT2D eigenvalue weighted by molar-refractivity contribution is 0.590. The monoisotopic (exact) mass is 291 g/mol. The Morgan fingerprint density at radius 3 is 2.30 bits per heavy atom. The third kappa shape index (κ3) is 3.73. The maximum atomic E-state index is 13.6. The molecule has 0 saturated heterocycles. The smallest absolute Gasteiger partial charge is 0.128 e. The summed E-state index contributed by atoms with van der Waals surface area (Å²) < 4.78 is 13.6. The maximum absolute atomic E-state index is 13.6. The Bertz CT molecular complexity index is 585. The van der Waals surface area contributed by atoms with Crippen LogP contribution in [0.4, 0.5) is 10.1 Å². The molecular weight excluding hydrogens is 273 g/mol. The van der Waals surface area contributed by atoms with Crippen LogP contribution in [0.5, 0.6) is 0 Å². The van der Waals surface area contributed by atoms with Crippen LogP contribution in [-0.2, 0) is 12.0 Å². The fourth-order valence-corrected chi connectivity index (χ4v) is 2.16. The maximum Gasteiger partial charge on any atom is 0.128 e. The molecule has 0 amide bonds. The van der Waals surface area contributed by atoms with Crippen molar-refractivity contribution in [3.63, 3.8) is 0 Å². The highest BCUT2D eigenvalue weighted by Crippen LogP contribution is 2.24. The normalized spacial score (nSPS) is 11.4. The van der Waals surface area contributed by atoms with E-state index in [1.165, 1.54) is 11.6 Å². The first kappa shape index (κ1) is 14.9. The van der Waals surface area contributed by atoms with Crippen molar-refractivity contribution in [2.45, 2.75) is 32.7 Å². The zero-order chi connectivity index (χ0) is 14.8. The standard InChI is InChI=1S/C17H19ClFN/c1-17(2,3)13-4-7-15(8-5-13)20-11-12-10-14(18)6-9-16(12)19/h4-10,20H,11H2,1-3H3. The van der Waals surface area contributed by atoms with Crippen molar-refractivity contribution in [1.29, 1.82) is 0 Å². The summed E-state index contributed by atoms with van der Waals surface area (Å²) in [5.41, 5.74) is 2.95. The third-order valence-electron chi connectivity index (χ3n) is 3.24. The van der Waals surface area contributed by atoms with Gasteiger partial charge in [-0.2, -0.15) is 0 Å². The highest BCUT2D eigenvalue weighted by Gasteiger charge is 2.12. The van der Waals surface area contributed by atoms with Crippen LogP contribution < -0.4 is 5.32 Å². The molecule has 0 aliphatic rings. The number of rotatable bonds is 3. The summed E-state index contributed by atoms with van der Waals surface area (Å²) in [6.07, 6.45) is 0. The molecule has 0 aromatic heterocycles. The first-order valence-corrected chi connectivity index (χ1v) is 7.02. The van der Waals surface area contributed by atoms with Gasteiger partial charge in [0.1, 0.15) is 5.82 Å². The van der Waals surface area contributed by atoms with Gasteiger partial charge in [-0.05, 0) is 41.3 Å². The van der Waals surface area contributed by atoms with Crippen molar-refractivity contribution < 1.29 is 4.39 Å². The van der Waals surface area contributed by atoms with Crippen LogP contribution in [0.15, 0.2) is 42.5 Å². The van der Waals surface area contributed by atoms with Crippen molar-refractivity contribution in [3.8, 4) is 0 Å². The molecule has 2 aromatic rings. The van der Waals surface area contributed by atoms with E-state index in [9.17, 15) is 4.39 Å². The predicted molar refractivity (Wildman–Crippen MR) is 83.9 cm³/mol. The van der Waals surface area contributed by atoms with Crippen molar-refractivity contribution in [3.05, 3.63) is 64.4 Å². The fourth-order valence-electron chi connectivity index (χ4n) is 1.96. The second kappa shape index (κ2) is 5.84. The summed E-state index contributed by atoms with van der Waals surface area (Å²) in [5.74, 6) is -0.242. The molecule has 2 rings (SSSR count).